The summed E-state index contributed by atoms with van der Waals surface area (Å²) in [6.45, 7) is 8.42. The number of rotatable bonds is 2. The summed E-state index contributed by atoms with van der Waals surface area (Å²) < 4.78 is 0.916. The van der Waals surface area contributed by atoms with Gasteiger partial charge in [0.25, 0.3) is 0 Å². The number of benzene rings is 1. The molecule has 1 heterocycles. The molecule has 2 rings (SSSR count). The largest absolute Gasteiger partial charge is 0.345 e. The minimum atomic E-state index is -0.638. The lowest BCUT2D eigenvalue weighted by molar-refractivity contribution is -0.137. The highest BCUT2D eigenvalue weighted by atomic mass is 79.9. The molecular weight excluding hydrogens is 358 g/mol. The van der Waals surface area contributed by atoms with Crippen molar-refractivity contribution in [3.05, 3.63) is 28.7 Å². The van der Waals surface area contributed by atoms with Crippen LogP contribution in [0, 0.1) is 0 Å². The number of nitrogens with one attached hydrogen (secondary N) is 3. The second-order valence-electron chi connectivity index (χ2n) is 7.43. The van der Waals surface area contributed by atoms with Gasteiger partial charge >= 0.3 is 11.8 Å². The highest BCUT2D eigenvalue weighted by Gasteiger charge is 2.38. The maximum absolute atomic E-state index is 12.2. The van der Waals surface area contributed by atoms with Crippen LogP contribution in [0.2, 0.25) is 0 Å². The molecule has 1 aliphatic heterocycles. The van der Waals surface area contributed by atoms with Crippen LogP contribution in [0.5, 0.6) is 0 Å². The molecule has 2 amide bonds. The van der Waals surface area contributed by atoms with E-state index in [4.69, 9.17) is 0 Å². The Morgan fingerprint density at radius 3 is 2.09 bits per heavy atom. The smallest absolute Gasteiger partial charge is 0.313 e. The van der Waals surface area contributed by atoms with Gasteiger partial charge in [-0.05, 0) is 64.8 Å². The molecule has 5 nitrogen and oxygen atoms in total. The van der Waals surface area contributed by atoms with Gasteiger partial charge in [0.1, 0.15) is 0 Å². The van der Waals surface area contributed by atoms with Crippen molar-refractivity contribution in [2.75, 3.05) is 5.32 Å². The van der Waals surface area contributed by atoms with E-state index < -0.39 is 11.8 Å². The Labute approximate surface area is 145 Å². The predicted molar refractivity (Wildman–Crippen MR) is 95.2 cm³/mol. The molecule has 0 bridgehead atoms. The van der Waals surface area contributed by atoms with E-state index >= 15 is 0 Å². The van der Waals surface area contributed by atoms with Crippen molar-refractivity contribution in [2.45, 2.75) is 57.7 Å². The maximum atomic E-state index is 12.2. The summed E-state index contributed by atoms with van der Waals surface area (Å²) in [5, 5.41) is 9.03. The Morgan fingerprint density at radius 2 is 1.57 bits per heavy atom. The zero-order valence-electron chi connectivity index (χ0n) is 14.0. The molecule has 1 saturated heterocycles. The highest BCUT2D eigenvalue weighted by molar-refractivity contribution is 9.10. The van der Waals surface area contributed by atoms with Gasteiger partial charge in [-0.15, -0.1) is 0 Å². The molecule has 0 saturated carbocycles. The van der Waals surface area contributed by atoms with Crippen molar-refractivity contribution in [1.29, 1.82) is 0 Å². The summed E-state index contributed by atoms with van der Waals surface area (Å²) in [5.74, 6) is -1.23. The molecule has 1 aliphatic rings. The first-order valence-electron chi connectivity index (χ1n) is 7.73. The van der Waals surface area contributed by atoms with Crippen LogP contribution in [-0.4, -0.2) is 28.9 Å². The quantitative estimate of drug-likeness (QED) is 0.689. The fourth-order valence-corrected chi connectivity index (χ4v) is 3.66. The molecular formula is C17H24BrN3O2. The Balaban J connectivity index is 1.95. The summed E-state index contributed by atoms with van der Waals surface area (Å²) in [5.41, 5.74) is 0.434. The van der Waals surface area contributed by atoms with Crippen LogP contribution in [0.3, 0.4) is 0 Å². The molecule has 1 fully saturated rings. The van der Waals surface area contributed by atoms with Gasteiger partial charge in [0, 0.05) is 27.3 Å². The van der Waals surface area contributed by atoms with Crippen molar-refractivity contribution in [3.63, 3.8) is 0 Å². The van der Waals surface area contributed by atoms with E-state index in [0.29, 0.717) is 5.69 Å². The van der Waals surface area contributed by atoms with Crippen LogP contribution in [0.1, 0.15) is 40.5 Å². The second kappa shape index (κ2) is 6.61. The van der Waals surface area contributed by atoms with E-state index in [0.717, 1.165) is 17.3 Å². The fourth-order valence-electron chi connectivity index (χ4n) is 3.40. The van der Waals surface area contributed by atoms with Crippen LogP contribution >= 0.6 is 15.9 Å². The van der Waals surface area contributed by atoms with Gasteiger partial charge in [0.15, 0.2) is 0 Å². The zero-order valence-corrected chi connectivity index (χ0v) is 15.6. The third-order valence-electron chi connectivity index (χ3n) is 3.83. The molecule has 0 aromatic heterocycles. The monoisotopic (exact) mass is 381 g/mol. The van der Waals surface area contributed by atoms with E-state index in [1.807, 2.05) is 12.1 Å². The number of amides is 2. The summed E-state index contributed by atoms with van der Waals surface area (Å²) >= 11 is 3.33. The standard InChI is InChI=1S/C17H24BrN3O2/c1-16(2)9-13(10-17(3,4)21-16)20-15(23)14(22)19-12-7-5-11(18)6-8-12/h5-8,13,21H,9-10H2,1-4H3,(H,19,22)(H,20,23). The fraction of sp³-hybridized carbons (Fsp3) is 0.529. The van der Waals surface area contributed by atoms with Gasteiger partial charge in [-0.25, -0.2) is 0 Å². The van der Waals surface area contributed by atoms with Crippen molar-refractivity contribution >= 4 is 33.4 Å². The summed E-state index contributed by atoms with van der Waals surface area (Å²) in [6, 6.07) is 7.08. The number of piperidine rings is 1. The first kappa shape index (κ1) is 17.9. The van der Waals surface area contributed by atoms with Crippen LogP contribution in [0.4, 0.5) is 5.69 Å². The number of anilines is 1. The molecule has 0 spiro atoms. The first-order chi connectivity index (χ1) is 10.6. The molecule has 0 aliphatic carbocycles. The van der Waals surface area contributed by atoms with E-state index in [9.17, 15) is 9.59 Å². The van der Waals surface area contributed by atoms with Gasteiger partial charge in [-0.2, -0.15) is 0 Å². The van der Waals surface area contributed by atoms with Crippen LogP contribution in [-0.2, 0) is 9.59 Å². The van der Waals surface area contributed by atoms with Crippen LogP contribution < -0.4 is 16.0 Å². The molecule has 0 atom stereocenters. The topological polar surface area (TPSA) is 70.2 Å². The molecule has 23 heavy (non-hydrogen) atoms. The first-order valence-corrected chi connectivity index (χ1v) is 8.52. The van der Waals surface area contributed by atoms with Crippen LogP contribution in [0.15, 0.2) is 28.7 Å². The average Bonchev–Trinajstić information content (AvgIpc) is 2.37. The number of hydrogen-bond acceptors (Lipinski definition) is 3. The molecule has 3 N–H and O–H groups in total. The lowest BCUT2D eigenvalue weighted by Gasteiger charge is -2.46. The summed E-state index contributed by atoms with van der Waals surface area (Å²) in [6.07, 6.45) is 1.57. The van der Waals surface area contributed by atoms with Gasteiger partial charge in [-0.1, -0.05) is 15.9 Å². The van der Waals surface area contributed by atoms with Gasteiger partial charge in [0.2, 0.25) is 0 Å². The average molecular weight is 382 g/mol. The Kier molecular flexibility index (Phi) is 5.16. The second-order valence-corrected chi connectivity index (χ2v) is 8.35. The third-order valence-corrected chi connectivity index (χ3v) is 4.36. The number of carbonyl (C=O) groups is 2. The predicted octanol–water partition coefficient (Wildman–Crippen LogP) is 2.81. The number of hydrogen-bond donors (Lipinski definition) is 3. The minimum Gasteiger partial charge on any atom is -0.345 e. The molecule has 6 heteroatoms. The van der Waals surface area contributed by atoms with Gasteiger partial charge in [-0.3, -0.25) is 9.59 Å². The summed E-state index contributed by atoms with van der Waals surface area (Å²) in [4.78, 5) is 24.2. The van der Waals surface area contributed by atoms with Crippen molar-refractivity contribution in [1.82, 2.24) is 10.6 Å². The highest BCUT2D eigenvalue weighted by Crippen LogP contribution is 2.28. The van der Waals surface area contributed by atoms with E-state index in [1.165, 1.54) is 0 Å². The molecule has 0 unspecified atom stereocenters. The summed E-state index contributed by atoms with van der Waals surface area (Å²) in [7, 11) is 0. The maximum Gasteiger partial charge on any atom is 0.313 e. The van der Waals surface area contributed by atoms with Gasteiger partial charge < -0.3 is 16.0 Å². The normalized spacial score (nSPS) is 19.9. The number of carbonyl (C=O) groups excluding carboxylic acids is 2. The Hall–Kier alpha value is -1.40. The Morgan fingerprint density at radius 1 is 1.04 bits per heavy atom. The van der Waals surface area contributed by atoms with E-state index in [2.05, 4.69) is 59.6 Å². The SMILES string of the molecule is CC1(C)CC(NC(=O)C(=O)Nc2ccc(Br)cc2)CC(C)(C)N1. The van der Waals surface area contributed by atoms with Crippen molar-refractivity contribution < 1.29 is 9.59 Å². The molecule has 126 valence electrons. The van der Waals surface area contributed by atoms with E-state index in [1.54, 1.807) is 12.1 Å². The lowest BCUT2D eigenvalue weighted by Crippen LogP contribution is -2.62. The van der Waals surface area contributed by atoms with E-state index in [-0.39, 0.29) is 17.1 Å². The van der Waals surface area contributed by atoms with Gasteiger partial charge in [0.05, 0.1) is 0 Å². The van der Waals surface area contributed by atoms with Crippen LogP contribution in [0.25, 0.3) is 0 Å². The third kappa shape index (κ3) is 5.32. The van der Waals surface area contributed by atoms with Crippen molar-refractivity contribution in [3.8, 4) is 0 Å². The molecule has 1 aromatic carbocycles. The lowest BCUT2D eigenvalue weighted by atomic mass is 9.79. The minimum absolute atomic E-state index is 0.0237. The molecule has 0 radical (unpaired) electrons. The zero-order chi connectivity index (χ0) is 17.3. The Bertz CT molecular complexity index is 580. The van der Waals surface area contributed by atoms with Crippen molar-refractivity contribution in [2.24, 2.45) is 0 Å². The number of halogens is 1. The molecule has 1 aromatic rings.